The summed E-state index contributed by atoms with van der Waals surface area (Å²) in [4.78, 5) is 13.7. The van der Waals surface area contributed by atoms with E-state index in [0.717, 1.165) is 11.1 Å². The van der Waals surface area contributed by atoms with Crippen molar-refractivity contribution in [3.8, 4) is 16.2 Å². The number of fused-ring (bicyclic) bond motifs is 1. The van der Waals surface area contributed by atoms with Gasteiger partial charge < -0.3 is 14.8 Å². The summed E-state index contributed by atoms with van der Waals surface area (Å²) in [5.74, 6) is -0.462. The molecule has 0 aliphatic carbocycles. The highest BCUT2D eigenvalue weighted by Crippen LogP contribution is 2.29. The van der Waals surface area contributed by atoms with Gasteiger partial charge in [-0.2, -0.15) is 0 Å². The Morgan fingerprint density at radius 2 is 2.04 bits per heavy atom. The Labute approximate surface area is 154 Å². The zero-order valence-electron chi connectivity index (χ0n) is 13.8. The van der Waals surface area contributed by atoms with E-state index in [4.69, 9.17) is 9.47 Å². The summed E-state index contributed by atoms with van der Waals surface area (Å²) in [6.45, 7) is 0.645. The van der Waals surface area contributed by atoms with Gasteiger partial charge in [0.05, 0.1) is 12.2 Å². The first-order chi connectivity index (χ1) is 12.7. The summed E-state index contributed by atoms with van der Waals surface area (Å²) < 4.78 is 24.3. The summed E-state index contributed by atoms with van der Waals surface area (Å²) in [5.41, 5.74) is 2.84. The molecule has 0 spiro atoms. The van der Waals surface area contributed by atoms with E-state index in [9.17, 15) is 9.18 Å². The number of rotatable bonds is 4. The van der Waals surface area contributed by atoms with Crippen molar-refractivity contribution in [3.05, 3.63) is 76.4 Å². The molecule has 3 aromatic rings. The Kier molecular flexibility index (Phi) is 4.69. The standard InChI is InChI=1S/C20H16FNO3S/c21-16-8-15-11-24-12-25-19(15)17(9-16)20(23)22-10-13-3-5-14(6-4-13)18-2-1-7-26-18/h1-9H,10-12H2,(H,22,23). The molecule has 0 atom stereocenters. The molecule has 1 aliphatic heterocycles. The minimum atomic E-state index is -0.483. The van der Waals surface area contributed by atoms with Crippen molar-refractivity contribution in [2.45, 2.75) is 13.2 Å². The smallest absolute Gasteiger partial charge is 0.255 e. The predicted molar refractivity (Wildman–Crippen MR) is 97.6 cm³/mol. The summed E-state index contributed by atoms with van der Waals surface area (Å²) in [5, 5.41) is 4.86. The van der Waals surface area contributed by atoms with E-state index >= 15 is 0 Å². The second-order valence-corrected chi connectivity index (χ2v) is 6.86. The lowest BCUT2D eigenvalue weighted by Gasteiger charge is -2.20. The van der Waals surface area contributed by atoms with Gasteiger partial charge in [0.2, 0.25) is 0 Å². The second-order valence-electron chi connectivity index (χ2n) is 5.91. The molecule has 0 bridgehead atoms. The van der Waals surface area contributed by atoms with Crippen molar-refractivity contribution in [2.75, 3.05) is 6.79 Å². The number of ether oxygens (including phenoxy) is 2. The maximum Gasteiger partial charge on any atom is 0.255 e. The van der Waals surface area contributed by atoms with Crippen LogP contribution in [0.1, 0.15) is 21.5 Å². The van der Waals surface area contributed by atoms with Crippen LogP contribution in [0, 0.1) is 5.82 Å². The van der Waals surface area contributed by atoms with E-state index in [0.29, 0.717) is 17.9 Å². The fourth-order valence-corrected chi connectivity index (χ4v) is 3.59. The molecule has 26 heavy (non-hydrogen) atoms. The van der Waals surface area contributed by atoms with Gasteiger partial charge in [-0.1, -0.05) is 30.3 Å². The Hall–Kier alpha value is -2.70. The number of hydrogen-bond acceptors (Lipinski definition) is 4. The van der Waals surface area contributed by atoms with Crippen molar-refractivity contribution in [1.29, 1.82) is 0 Å². The molecular formula is C20H16FNO3S. The lowest BCUT2D eigenvalue weighted by molar-refractivity contribution is -0.0170. The van der Waals surface area contributed by atoms with Crippen LogP contribution >= 0.6 is 11.3 Å². The molecule has 2 heterocycles. The molecule has 1 amide bonds. The monoisotopic (exact) mass is 369 g/mol. The van der Waals surface area contributed by atoms with E-state index in [2.05, 4.69) is 11.4 Å². The van der Waals surface area contributed by atoms with E-state index in [-0.39, 0.29) is 24.9 Å². The molecular weight excluding hydrogens is 353 g/mol. The van der Waals surface area contributed by atoms with Gasteiger partial charge in [0, 0.05) is 17.0 Å². The first-order valence-corrected chi connectivity index (χ1v) is 9.02. The van der Waals surface area contributed by atoms with Crippen molar-refractivity contribution in [2.24, 2.45) is 0 Å². The largest absolute Gasteiger partial charge is 0.466 e. The van der Waals surface area contributed by atoms with Crippen molar-refractivity contribution in [1.82, 2.24) is 5.32 Å². The molecule has 4 nitrogen and oxygen atoms in total. The Balaban J connectivity index is 1.47. The van der Waals surface area contributed by atoms with Gasteiger partial charge in [-0.25, -0.2) is 4.39 Å². The molecule has 1 N–H and O–H groups in total. The van der Waals surface area contributed by atoms with Gasteiger partial charge in [0.1, 0.15) is 11.6 Å². The number of hydrogen-bond donors (Lipinski definition) is 1. The maximum absolute atomic E-state index is 13.8. The van der Waals surface area contributed by atoms with Crippen LogP contribution in [0.5, 0.6) is 5.75 Å². The van der Waals surface area contributed by atoms with Crippen LogP contribution in [-0.2, 0) is 17.9 Å². The van der Waals surface area contributed by atoms with Crippen LogP contribution in [0.2, 0.25) is 0 Å². The molecule has 1 aromatic heterocycles. The minimum absolute atomic E-state index is 0.0586. The minimum Gasteiger partial charge on any atom is -0.466 e. The number of carbonyl (C=O) groups excluding carboxylic acids is 1. The Morgan fingerprint density at radius 1 is 1.19 bits per heavy atom. The van der Waals surface area contributed by atoms with E-state index in [1.165, 1.54) is 17.0 Å². The highest BCUT2D eigenvalue weighted by atomic mass is 32.1. The fraction of sp³-hybridized carbons (Fsp3) is 0.150. The van der Waals surface area contributed by atoms with Crippen LogP contribution in [0.3, 0.4) is 0 Å². The third-order valence-electron chi connectivity index (χ3n) is 4.13. The number of nitrogens with one attached hydrogen (secondary N) is 1. The molecule has 0 fully saturated rings. The molecule has 0 unspecified atom stereocenters. The van der Waals surface area contributed by atoms with Crippen molar-refractivity contribution in [3.63, 3.8) is 0 Å². The van der Waals surface area contributed by atoms with Gasteiger partial charge in [-0.3, -0.25) is 4.79 Å². The molecule has 6 heteroatoms. The Bertz CT molecular complexity index is 923. The van der Waals surface area contributed by atoms with Crippen LogP contribution in [0.15, 0.2) is 53.9 Å². The topological polar surface area (TPSA) is 47.6 Å². The molecule has 4 rings (SSSR count). The third-order valence-corrected chi connectivity index (χ3v) is 5.05. The molecule has 0 saturated carbocycles. The molecule has 1 aliphatic rings. The average Bonchev–Trinajstić information content (AvgIpc) is 3.20. The van der Waals surface area contributed by atoms with Crippen LogP contribution in [-0.4, -0.2) is 12.7 Å². The van der Waals surface area contributed by atoms with E-state index in [1.807, 2.05) is 35.7 Å². The molecule has 132 valence electrons. The quantitative estimate of drug-likeness (QED) is 0.744. The average molecular weight is 369 g/mol. The van der Waals surface area contributed by atoms with Crippen LogP contribution in [0.25, 0.3) is 10.4 Å². The normalized spacial score (nSPS) is 13.0. The maximum atomic E-state index is 13.8. The predicted octanol–water partition coefficient (Wildman–Crippen LogP) is 4.35. The number of thiophene rings is 1. The van der Waals surface area contributed by atoms with Gasteiger partial charge in [0.25, 0.3) is 5.91 Å². The van der Waals surface area contributed by atoms with Gasteiger partial charge in [-0.15, -0.1) is 11.3 Å². The molecule has 0 saturated heterocycles. The first-order valence-electron chi connectivity index (χ1n) is 8.15. The van der Waals surface area contributed by atoms with Crippen molar-refractivity contribution < 1.29 is 18.7 Å². The fourth-order valence-electron chi connectivity index (χ4n) is 2.86. The number of carbonyl (C=O) groups is 1. The zero-order chi connectivity index (χ0) is 17.9. The third kappa shape index (κ3) is 3.47. The molecule has 0 radical (unpaired) electrons. The summed E-state index contributed by atoms with van der Waals surface area (Å²) >= 11 is 1.68. The lowest BCUT2D eigenvalue weighted by atomic mass is 10.1. The lowest BCUT2D eigenvalue weighted by Crippen LogP contribution is -2.25. The van der Waals surface area contributed by atoms with Crippen molar-refractivity contribution >= 4 is 17.2 Å². The van der Waals surface area contributed by atoms with Gasteiger partial charge in [0.15, 0.2) is 6.79 Å². The highest BCUT2D eigenvalue weighted by molar-refractivity contribution is 7.13. The summed E-state index contributed by atoms with van der Waals surface area (Å²) in [7, 11) is 0. The van der Waals surface area contributed by atoms with Crippen LogP contribution < -0.4 is 10.1 Å². The van der Waals surface area contributed by atoms with E-state index < -0.39 is 5.82 Å². The Morgan fingerprint density at radius 3 is 2.81 bits per heavy atom. The van der Waals surface area contributed by atoms with Crippen LogP contribution in [0.4, 0.5) is 4.39 Å². The SMILES string of the molecule is O=C(NCc1ccc(-c2cccs2)cc1)c1cc(F)cc2c1OCOC2. The summed E-state index contributed by atoms with van der Waals surface area (Å²) in [6, 6.07) is 14.6. The molecule has 2 aromatic carbocycles. The zero-order valence-corrected chi connectivity index (χ0v) is 14.6. The number of benzene rings is 2. The highest BCUT2D eigenvalue weighted by Gasteiger charge is 2.21. The van der Waals surface area contributed by atoms with Gasteiger partial charge >= 0.3 is 0 Å². The second kappa shape index (κ2) is 7.27. The van der Waals surface area contributed by atoms with Gasteiger partial charge in [-0.05, 0) is 34.7 Å². The van der Waals surface area contributed by atoms with E-state index in [1.54, 1.807) is 11.3 Å². The number of halogens is 1. The first kappa shape index (κ1) is 16.8. The number of amides is 1. The summed E-state index contributed by atoms with van der Waals surface area (Å²) in [6.07, 6.45) is 0.